The average molecular weight is 1050 g/mol. The van der Waals surface area contributed by atoms with Crippen LogP contribution in [0.15, 0.2) is 60.8 Å². The summed E-state index contributed by atoms with van der Waals surface area (Å²) in [5.41, 5.74) is 0. The Balaban J connectivity index is 4.00. The van der Waals surface area contributed by atoms with Crippen LogP contribution in [0.4, 0.5) is 0 Å². The third-order valence-electron chi connectivity index (χ3n) is 13.8. The zero-order valence-electron chi connectivity index (χ0n) is 48.5. The van der Waals surface area contributed by atoms with Gasteiger partial charge in [0.2, 0.25) is 5.91 Å². The monoisotopic (exact) mass is 1050 g/mol. The number of hydrogen-bond donors (Lipinski definition) is 4. The number of phosphoric acid groups is 1. The van der Waals surface area contributed by atoms with Gasteiger partial charge in [0.25, 0.3) is 0 Å². The summed E-state index contributed by atoms with van der Waals surface area (Å²) in [4.78, 5) is 23.3. The van der Waals surface area contributed by atoms with Crippen molar-refractivity contribution in [1.29, 1.82) is 0 Å². The van der Waals surface area contributed by atoms with Crippen molar-refractivity contribution in [1.82, 2.24) is 5.32 Å². The highest BCUT2D eigenvalue weighted by molar-refractivity contribution is 7.47. The van der Waals surface area contributed by atoms with Crippen LogP contribution in [-0.4, -0.2) is 84.6 Å². The molecule has 0 saturated carbocycles. The van der Waals surface area contributed by atoms with E-state index < -0.39 is 32.7 Å². The lowest BCUT2D eigenvalue weighted by molar-refractivity contribution is -0.870. The van der Waals surface area contributed by atoms with Gasteiger partial charge in [-0.05, 0) is 89.9 Å². The maximum Gasteiger partial charge on any atom is 0.472 e. The summed E-state index contributed by atoms with van der Waals surface area (Å²) in [7, 11) is 1.41. The molecular formula is C63H120N2O7P+. The van der Waals surface area contributed by atoms with Crippen molar-refractivity contribution in [3.05, 3.63) is 60.8 Å². The summed E-state index contributed by atoms with van der Waals surface area (Å²) in [6.45, 7) is 4.55. The lowest BCUT2D eigenvalue weighted by Crippen LogP contribution is -2.51. The van der Waals surface area contributed by atoms with Crippen molar-refractivity contribution >= 4 is 13.7 Å². The first kappa shape index (κ1) is 71.2. The van der Waals surface area contributed by atoms with E-state index in [1.54, 1.807) is 0 Å². The Bertz CT molecular complexity index is 1390. The normalized spacial score (nSPS) is 14.7. The Hall–Kier alpha value is -1.84. The van der Waals surface area contributed by atoms with Crippen LogP contribution in [-0.2, 0) is 18.4 Å². The minimum atomic E-state index is -4.43. The number of rotatable bonds is 56. The van der Waals surface area contributed by atoms with Crippen molar-refractivity contribution in [2.75, 3.05) is 40.9 Å². The predicted octanol–water partition coefficient (Wildman–Crippen LogP) is 17.8. The largest absolute Gasteiger partial charge is 0.472 e. The lowest BCUT2D eigenvalue weighted by atomic mass is 10.0. The molecule has 0 aliphatic rings. The zero-order chi connectivity index (χ0) is 53.6. The number of likely N-dealkylation sites (N-methyl/N-ethyl adjacent to an activating group) is 1. The minimum absolute atomic E-state index is 0.0136. The van der Waals surface area contributed by atoms with E-state index in [4.69, 9.17) is 9.05 Å². The van der Waals surface area contributed by atoms with Gasteiger partial charge in [0.1, 0.15) is 19.3 Å². The molecule has 73 heavy (non-hydrogen) atoms. The highest BCUT2D eigenvalue weighted by Gasteiger charge is 2.32. The second kappa shape index (κ2) is 53.6. The van der Waals surface area contributed by atoms with Crippen LogP contribution in [0.2, 0.25) is 0 Å². The van der Waals surface area contributed by atoms with E-state index in [0.717, 1.165) is 57.8 Å². The molecule has 4 unspecified atom stereocenters. The van der Waals surface area contributed by atoms with Gasteiger partial charge < -0.3 is 24.9 Å². The SMILES string of the molecule is CCCCC/C=C/CC/C=C/CCCC(O)C(O)C(COP(=O)(O)OCC[N+](C)(C)C)NC(=O)CCCCCCCCCCCCCCCCCCCCCCCC/C=C\C/C=C\C/C=C\CCCCCCC. The number of carbonyl (C=O) groups is 1. The number of nitrogens with zero attached hydrogens (tertiary/aromatic N) is 1. The van der Waals surface area contributed by atoms with E-state index in [2.05, 4.69) is 79.9 Å². The molecular weight excluding hydrogens is 928 g/mol. The molecule has 0 aromatic rings. The van der Waals surface area contributed by atoms with Gasteiger partial charge in [-0.25, -0.2) is 4.57 Å². The minimum Gasteiger partial charge on any atom is -0.390 e. The third-order valence-corrected chi connectivity index (χ3v) is 14.8. The van der Waals surface area contributed by atoms with Crippen LogP contribution in [0.25, 0.3) is 0 Å². The molecule has 4 N–H and O–H groups in total. The molecule has 0 heterocycles. The second-order valence-electron chi connectivity index (χ2n) is 22.2. The number of nitrogens with one attached hydrogen (secondary N) is 1. The van der Waals surface area contributed by atoms with Crippen molar-refractivity contribution in [3.63, 3.8) is 0 Å². The number of hydrogen-bond acceptors (Lipinski definition) is 6. The smallest absolute Gasteiger partial charge is 0.390 e. The van der Waals surface area contributed by atoms with E-state index in [0.29, 0.717) is 23.9 Å². The van der Waals surface area contributed by atoms with Crippen LogP contribution in [0.1, 0.15) is 277 Å². The van der Waals surface area contributed by atoms with Crippen LogP contribution >= 0.6 is 7.82 Å². The maximum absolute atomic E-state index is 13.0. The van der Waals surface area contributed by atoms with Gasteiger partial charge in [0.15, 0.2) is 0 Å². The zero-order valence-corrected chi connectivity index (χ0v) is 49.4. The summed E-state index contributed by atoms with van der Waals surface area (Å²) in [5.74, 6) is -0.270. The Morgan fingerprint density at radius 1 is 0.479 bits per heavy atom. The topological polar surface area (TPSA) is 125 Å². The molecule has 0 fully saturated rings. The van der Waals surface area contributed by atoms with Crippen molar-refractivity contribution in [2.45, 2.75) is 295 Å². The van der Waals surface area contributed by atoms with Gasteiger partial charge in [-0.1, -0.05) is 242 Å². The van der Waals surface area contributed by atoms with Gasteiger partial charge in [0, 0.05) is 6.42 Å². The number of amides is 1. The fourth-order valence-electron chi connectivity index (χ4n) is 8.93. The average Bonchev–Trinajstić information content (AvgIpc) is 3.35. The lowest BCUT2D eigenvalue weighted by Gasteiger charge is -2.28. The number of aliphatic hydroxyl groups excluding tert-OH is 2. The van der Waals surface area contributed by atoms with Crippen molar-refractivity contribution < 1.29 is 38.0 Å². The molecule has 4 atom stereocenters. The molecule has 10 heteroatoms. The van der Waals surface area contributed by atoms with Gasteiger partial charge in [-0.15, -0.1) is 0 Å². The summed E-state index contributed by atoms with van der Waals surface area (Å²) in [6.07, 6.45) is 69.2. The van der Waals surface area contributed by atoms with E-state index in [1.165, 1.54) is 186 Å². The molecule has 0 aromatic carbocycles. The van der Waals surface area contributed by atoms with Crippen LogP contribution in [0.3, 0.4) is 0 Å². The first-order chi connectivity index (χ1) is 35.4. The number of allylic oxidation sites excluding steroid dienone is 10. The molecule has 0 radical (unpaired) electrons. The summed E-state index contributed by atoms with van der Waals surface area (Å²) in [6, 6.07) is -1.06. The fraction of sp³-hybridized carbons (Fsp3) is 0.825. The van der Waals surface area contributed by atoms with E-state index in [1.807, 2.05) is 21.1 Å². The van der Waals surface area contributed by atoms with Crippen LogP contribution in [0, 0.1) is 0 Å². The molecule has 0 saturated heterocycles. The molecule has 0 aliphatic carbocycles. The molecule has 0 rings (SSSR count). The maximum atomic E-state index is 13.0. The highest BCUT2D eigenvalue weighted by Crippen LogP contribution is 2.43. The van der Waals surface area contributed by atoms with Gasteiger partial charge >= 0.3 is 7.82 Å². The molecule has 9 nitrogen and oxygen atoms in total. The highest BCUT2D eigenvalue weighted by atomic mass is 31.2. The van der Waals surface area contributed by atoms with E-state index in [9.17, 15) is 24.5 Å². The predicted molar refractivity (Wildman–Crippen MR) is 315 cm³/mol. The van der Waals surface area contributed by atoms with Crippen LogP contribution in [0.5, 0.6) is 0 Å². The van der Waals surface area contributed by atoms with Gasteiger partial charge in [-0.3, -0.25) is 13.8 Å². The summed E-state index contributed by atoms with van der Waals surface area (Å²) < 4.78 is 23.6. The molecule has 428 valence electrons. The fourth-order valence-corrected chi connectivity index (χ4v) is 9.67. The molecule has 0 spiro atoms. The molecule has 0 bridgehead atoms. The first-order valence-electron chi connectivity index (χ1n) is 30.7. The third kappa shape index (κ3) is 54.7. The number of phosphoric ester groups is 1. The Labute approximate surface area is 452 Å². The van der Waals surface area contributed by atoms with E-state index >= 15 is 0 Å². The second-order valence-corrected chi connectivity index (χ2v) is 23.6. The first-order valence-corrected chi connectivity index (χ1v) is 32.2. The number of aliphatic hydroxyl groups is 2. The molecule has 0 aromatic heterocycles. The Morgan fingerprint density at radius 3 is 1.26 bits per heavy atom. The number of unbranched alkanes of at least 4 members (excludes halogenated alkanes) is 32. The molecule has 0 aliphatic heterocycles. The van der Waals surface area contributed by atoms with Gasteiger partial charge in [0.05, 0.1) is 39.9 Å². The van der Waals surface area contributed by atoms with Crippen molar-refractivity contribution in [2.24, 2.45) is 0 Å². The standard InChI is InChI=1S/C63H119N2O7P/c1-6-8-10-12-14-16-18-20-21-22-23-24-25-26-27-28-29-30-31-32-33-34-35-36-37-38-39-40-41-42-43-44-46-48-50-52-54-56-62(67)64-60(59-72-73(69,70)71-58-57-65(3,4)5)63(68)61(66)55-53-51-49-47-45-19-17-15-13-11-9-7-2/h15,17-18,20,22-23,25-26,47,49,60-61,63,66,68H,6-14,16,19,21,24,27-46,48,50-59H2,1-5H3,(H-,64,67,69,70)/p+1/b17-15+,20-18-,23-22-,26-25-,49-47+. The Morgan fingerprint density at radius 2 is 0.822 bits per heavy atom. The number of carbonyl (C=O) groups excluding carboxylic acids is 1. The van der Waals surface area contributed by atoms with E-state index in [-0.39, 0.29) is 18.9 Å². The number of quaternary nitrogens is 1. The van der Waals surface area contributed by atoms with Crippen molar-refractivity contribution in [3.8, 4) is 0 Å². The van der Waals surface area contributed by atoms with Gasteiger partial charge in [-0.2, -0.15) is 0 Å². The Kier molecular flexibility index (Phi) is 52.2. The van der Waals surface area contributed by atoms with Crippen LogP contribution < -0.4 is 5.32 Å². The summed E-state index contributed by atoms with van der Waals surface area (Å²) in [5, 5.41) is 24.8. The quantitative estimate of drug-likeness (QED) is 0.0207. The molecule has 1 amide bonds. The summed E-state index contributed by atoms with van der Waals surface area (Å²) >= 11 is 0.